The molecule has 2 aromatic heterocycles. The van der Waals surface area contributed by atoms with Crippen LogP contribution in [-0.2, 0) is 4.79 Å². The maximum Gasteiger partial charge on any atom is 0.229 e. The number of halogens is 2. The number of carbonyl (C=O) groups is 1. The van der Waals surface area contributed by atoms with Gasteiger partial charge >= 0.3 is 0 Å². The first-order valence-electron chi connectivity index (χ1n) is 13.5. The molecule has 0 saturated carbocycles. The highest BCUT2D eigenvalue weighted by molar-refractivity contribution is 6.33. The molecule has 6 rings (SSSR count). The highest BCUT2D eigenvalue weighted by atomic mass is 35.5. The second-order valence-corrected chi connectivity index (χ2v) is 11.7. The Labute approximate surface area is 242 Å². The van der Waals surface area contributed by atoms with E-state index in [9.17, 15) is 9.90 Å². The van der Waals surface area contributed by atoms with E-state index in [1.807, 2.05) is 60.0 Å². The van der Waals surface area contributed by atoms with Gasteiger partial charge in [-0.15, -0.1) is 0 Å². The number of carbonyl (C=O) groups excluding carboxylic acids is 1. The van der Waals surface area contributed by atoms with Gasteiger partial charge in [-0.1, -0.05) is 42.3 Å². The minimum Gasteiger partial charge on any atom is -0.394 e. The van der Waals surface area contributed by atoms with E-state index in [0.717, 1.165) is 30.6 Å². The zero-order valence-electron chi connectivity index (χ0n) is 22.2. The topological polar surface area (TPSA) is 113 Å². The van der Waals surface area contributed by atoms with Crippen LogP contribution in [0.4, 0.5) is 11.8 Å². The Balaban J connectivity index is 1.60. The van der Waals surface area contributed by atoms with Crippen molar-refractivity contribution in [3.63, 3.8) is 0 Å². The number of amides is 1. The number of aromatic nitrogens is 4. The number of rotatable bonds is 6. The first-order chi connectivity index (χ1) is 19.3. The van der Waals surface area contributed by atoms with Crippen molar-refractivity contribution < 1.29 is 9.90 Å². The lowest BCUT2D eigenvalue weighted by Gasteiger charge is -2.38. The monoisotopic (exact) mass is 579 g/mol. The molecule has 208 valence electrons. The van der Waals surface area contributed by atoms with Crippen LogP contribution in [0.25, 0.3) is 28.2 Å². The van der Waals surface area contributed by atoms with Crippen molar-refractivity contribution in [3.05, 3.63) is 58.6 Å². The molecule has 2 aliphatic rings. The standard InChI is InChI=1S/C29H31Cl2N7O2/c1-29(27(32)40)12-15-36(16-13-29)25-23-26(35-28(34-25)37-14-4-5-20(37)17-39)38(19-10-8-18(30)9-11-19)24(33-23)21-6-2-3-7-22(21)31/h2-3,6-11,20,39H,4-5,12-17H2,1H3,(H2,32,40)/t20-/m1/s1. The van der Waals surface area contributed by atoms with Crippen LogP contribution >= 0.6 is 23.2 Å². The summed E-state index contributed by atoms with van der Waals surface area (Å²) in [4.78, 5) is 31.6. The quantitative estimate of drug-likeness (QED) is 0.336. The van der Waals surface area contributed by atoms with Gasteiger partial charge in [0.25, 0.3) is 0 Å². The van der Waals surface area contributed by atoms with Gasteiger partial charge in [-0.25, -0.2) is 4.98 Å². The van der Waals surface area contributed by atoms with Crippen molar-refractivity contribution in [2.45, 2.75) is 38.6 Å². The van der Waals surface area contributed by atoms with Gasteiger partial charge in [-0.05, 0) is 62.1 Å². The van der Waals surface area contributed by atoms with Gasteiger partial charge in [-0.3, -0.25) is 9.36 Å². The fourth-order valence-electron chi connectivity index (χ4n) is 5.69. The molecular weight excluding hydrogens is 549 g/mol. The van der Waals surface area contributed by atoms with E-state index in [0.29, 0.717) is 64.7 Å². The Kier molecular flexibility index (Phi) is 7.06. The summed E-state index contributed by atoms with van der Waals surface area (Å²) < 4.78 is 1.99. The van der Waals surface area contributed by atoms with Crippen molar-refractivity contribution in [1.29, 1.82) is 0 Å². The van der Waals surface area contributed by atoms with Gasteiger partial charge < -0.3 is 20.6 Å². The van der Waals surface area contributed by atoms with Crippen LogP contribution in [0.2, 0.25) is 10.0 Å². The van der Waals surface area contributed by atoms with Crippen LogP contribution in [0.3, 0.4) is 0 Å². The number of piperidine rings is 1. The number of hydrogen-bond donors (Lipinski definition) is 2. The molecule has 2 aromatic carbocycles. The maximum absolute atomic E-state index is 12.2. The molecule has 1 atom stereocenters. The number of benzene rings is 2. The number of fused-ring (bicyclic) bond motifs is 1. The lowest BCUT2D eigenvalue weighted by atomic mass is 9.80. The van der Waals surface area contributed by atoms with Gasteiger partial charge in [0.2, 0.25) is 11.9 Å². The third kappa shape index (κ3) is 4.66. The summed E-state index contributed by atoms with van der Waals surface area (Å²) in [6.07, 6.45) is 3.04. The van der Waals surface area contributed by atoms with Gasteiger partial charge in [-0.2, -0.15) is 9.97 Å². The van der Waals surface area contributed by atoms with Crippen LogP contribution in [0.1, 0.15) is 32.6 Å². The van der Waals surface area contributed by atoms with Crippen molar-refractivity contribution >= 4 is 52.0 Å². The molecule has 0 aliphatic carbocycles. The molecule has 11 heteroatoms. The number of nitrogens with two attached hydrogens (primary N) is 1. The Bertz CT molecular complexity index is 1560. The molecule has 40 heavy (non-hydrogen) atoms. The van der Waals surface area contributed by atoms with Gasteiger partial charge in [0.05, 0.1) is 17.7 Å². The minimum atomic E-state index is -0.562. The van der Waals surface area contributed by atoms with Crippen LogP contribution in [0.5, 0.6) is 0 Å². The second kappa shape index (κ2) is 10.5. The van der Waals surface area contributed by atoms with E-state index >= 15 is 0 Å². The molecule has 0 spiro atoms. The molecule has 1 amide bonds. The van der Waals surface area contributed by atoms with E-state index in [2.05, 4.69) is 9.80 Å². The number of hydrogen-bond acceptors (Lipinski definition) is 7. The van der Waals surface area contributed by atoms with Gasteiger partial charge in [0, 0.05) is 41.3 Å². The normalized spacial score (nSPS) is 18.9. The van der Waals surface area contributed by atoms with Crippen molar-refractivity contribution in [3.8, 4) is 17.1 Å². The summed E-state index contributed by atoms with van der Waals surface area (Å²) in [6.45, 7) is 3.91. The Morgan fingerprint density at radius 2 is 1.77 bits per heavy atom. The number of aliphatic hydroxyl groups excluding tert-OH is 1. The van der Waals surface area contributed by atoms with E-state index in [-0.39, 0.29) is 18.6 Å². The zero-order chi connectivity index (χ0) is 28.0. The molecule has 2 aliphatic heterocycles. The molecule has 3 N–H and O–H groups in total. The van der Waals surface area contributed by atoms with Crippen molar-refractivity contribution in [2.24, 2.45) is 11.1 Å². The first-order valence-corrected chi connectivity index (χ1v) is 14.3. The van der Waals surface area contributed by atoms with Gasteiger partial charge in [0.15, 0.2) is 17.0 Å². The maximum atomic E-state index is 12.2. The average Bonchev–Trinajstić information content (AvgIpc) is 3.59. The molecule has 2 fully saturated rings. The Morgan fingerprint density at radius 3 is 2.45 bits per heavy atom. The van der Waals surface area contributed by atoms with E-state index in [1.165, 1.54) is 0 Å². The third-order valence-electron chi connectivity index (χ3n) is 8.28. The zero-order valence-corrected chi connectivity index (χ0v) is 23.7. The van der Waals surface area contributed by atoms with Crippen molar-refractivity contribution in [1.82, 2.24) is 19.5 Å². The molecule has 0 bridgehead atoms. The first kappa shape index (κ1) is 26.8. The smallest absolute Gasteiger partial charge is 0.229 e. The summed E-state index contributed by atoms with van der Waals surface area (Å²) >= 11 is 12.9. The highest BCUT2D eigenvalue weighted by Crippen LogP contribution is 2.39. The molecule has 0 radical (unpaired) electrons. The van der Waals surface area contributed by atoms with E-state index in [4.69, 9.17) is 43.9 Å². The van der Waals surface area contributed by atoms with Crippen LogP contribution in [0.15, 0.2) is 48.5 Å². The molecule has 9 nitrogen and oxygen atoms in total. The van der Waals surface area contributed by atoms with Crippen molar-refractivity contribution in [2.75, 3.05) is 36.0 Å². The number of imidazole rings is 1. The predicted octanol–water partition coefficient (Wildman–Crippen LogP) is 4.84. The summed E-state index contributed by atoms with van der Waals surface area (Å²) in [7, 11) is 0. The predicted molar refractivity (Wildman–Crippen MR) is 158 cm³/mol. The number of aliphatic hydroxyl groups is 1. The van der Waals surface area contributed by atoms with Gasteiger partial charge in [0.1, 0.15) is 5.82 Å². The summed E-state index contributed by atoms with van der Waals surface area (Å²) in [5, 5.41) is 11.3. The van der Waals surface area contributed by atoms with Crippen LogP contribution < -0.4 is 15.5 Å². The average molecular weight is 581 g/mol. The fourth-order valence-corrected chi connectivity index (χ4v) is 6.03. The highest BCUT2D eigenvalue weighted by Gasteiger charge is 2.37. The summed E-state index contributed by atoms with van der Waals surface area (Å²) in [5.41, 5.74) is 8.04. The molecule has 4 heterocycles. The fraction of sp³-hybridized carbons (Fsp3) is 0.379. The third-order valence-corrected chi connectivity index (χ3v) is 8.86. The molecule has 4 aromatic rings. The van der Waals surface area contributed by atoms with Crippen LogP contribution in [-0.4, -0.2) is 62.8 Å². The molecule has 0 unspecified atom stereocenters. The Morgan fingerprint density at radius 1 is 1.05 bits per heavy atom. The minimum absolute atomic E-state index is 0.0265. The van der Waals surface area contributed by atoms with Crippen LogP contribution in [0, 0.1) is 5.41 Å². The molecular formula is C29H31Cl2N7O2. The largest absolute Gasteiger partial charge is 0.394 e. The van der Waals surface area contributed by atoms with E-state index in [1.54, 1.807) is 0 Å². The summed E-state index contributed by atoms with van der Waals surface area (Å²) in [5.74, 6) is 1.59. The number of nitrogens with zero attached hydrogens (tertiary/aromatic N) is 6. The molecule has 2 saturated heterocycles. The number of primary amides is 1. The lowest BCUT2D eigenvalue weighted by Crippen LogP contribution is -2.46. The number of anilines is 2. The Hall–Kier alpha value is -3.40. The lowest BCUT2D eigenvalue weighted by molar-refractivity contribution is -0.127. The van der Waals surface area contributed by atoms with E-state index < -0.39 is 5.41 Å². The summed E-state index contributed by atoms with van der Waals surface area (Å²) in [6, 6.07) is 15.1. The SMILES string of the molecule is CC1(C(N)=O)CCN(c2nc(N3CCC[C@@H]3CO)nc3c2nc(-c2ccccc2Cl)n3-c2ccc(Cl)cc2)CC1. The second-order valence-electron chi connectivity index (χ2n) is 10.8.